The Morgan fingerprint density at radius 1 is 1.26 bits per heavy atom. The second-order valence-corrected chi connectivity index (χ2v) is 3.87. The Morgan fingerprint density at radius 3 is 2.58 bits per heavy atom. The summed E-state index contributed by atoms with van der Waals surface area (Å²) in [6.07, 6.45) is 0. The molecular formula is C12H11NO6. The molecular weight excluding hydrogens is 254 g/mol. The predicted octanol–water partition coefficient (Wildman–Crippen LogP) is 0.489. The van der Waals surface area contributed by atoms with E-state index >= 15 is 0 Å². The fourth-order valence-electron chi connectivity index (χ4n) is 1.65. The molecule has 0 radical (unpaired) electrons. The van der Waals surface area contributed by atoms with Crippen molar-refractivity contribution < 1.29 is 29.0 Å². The third-order valence-electron chi connectivity index (χ3n) is 2.54. The molecule has 0 fully saturated rings. The van der Waals surface area contributed by atoms with Crippen LogP contribution in [0.1, 0.15) is 17.3 Å². The Bertz CT molecular complexity index is 553. The van der Waals surface area contributed by atoms with Gasteiger partial charge >= 0.3 is 5.97 Å². The Kier molecular flexibility index (Phi) is 3.37. The summed E-state index contributed by atoms with van der Waals surface area (Å²) in [7, 11) is 0. The second kappa shape index (κ2) is 4.97. The smallest absolute Gasteiger partial charge is 0.323 e. The first-order valence-corrected chi connectivity index (χ1v) is 5.43. The lowest BCUT2D eigenvalue weighted by atomic mass is 10.1. The minimum Gasteiger partial charge on any atom is -0.480 e. The molecule has 1 aliphatic rings. The summed E-state index contributed by atoms with van der Waals surface area (Å²) in [5.74, 6) is -1.68. The topological polar surface area (TPSA) is 93.1 Å². The third kappa shape index (κ3) is 2.65. The van der Waals surface area contributed by atoms with Gasteiger partial charge in [-0.3, -0.25) is 19.3 Å². The van der Waals surface area contributed by atoms with E-state index < -0.39 is 24.3 Å². The first-order valence-electron chi connectivity index (χ1n) is 5.43. The highest BCUT2D eigenvalue weighted by Crippen LogP contribution is 2.32. The van der Waals surface area contributed by atoms with E-state index in [1.165, 1.54) is 18.2 Å². The van der Waals surface area contributed by atoms with Gasteiger partial charge < -0.3 is 14.6 Å². The van der Waals surface area contributed by atoms with Crippen LogP contribution in [0.2, 0.25) is 0 Å². The first kappa shape index (κ1) is 12.9. The van der Waals surface area contributed by atoms with Gasteiger partial charge in [0.2, 0.25) is 12.7 Å². The maximum atomic E-state index is 12.1. The molecule has 19 heavy (non-hydrogen) atoms. The minimum atomic E-state index is -1.26. The van der Waals surface area contributed by atoms with Crippen molar-refractivity contribution in [1.82, 2.24) is 4.90 Å². The van der Waals surface area contributed by atoms with Gasteiger partial charge in [0, 0.05) is 12.5 Å². The van der Waals surface area contributed by atoms with Gasteiger partial charge in [-0.2, -0.15) is 0 Å². The van der Waals surface area contributed by atoms with E-state index in [0.717, 1.165) is 6.92 Å². The Labute approximate surface area is 108 Å². The number of benzene rings is 1. The van der Waals surface area contributed by atoms with E-state index in [9.17, 15) is 14.4 Å². The van der Waals surface area contributed by atoms with E-state index in [2.05, 4.69) is 0 Å². The molecule has 0 bridgehead atoms. The highest BCUT2D eigenvalue weighted by molar-refractivity contribution is 6.06. The number of amides is 2. The van der Waals surface area contributed by atoms with E-state index in [4.69, 9.17) is 14.6 Å². The quantitative estimate of drug-likeness (QED) is 0.854. The van der Waals surface area contributed by atoms with Crippen molar-refractivity contribution in [3.05, 3.63) is 23.8 Å². The van der Waals surface area contributed by atoms with Gasteiger partial charge in [-0.15, -0.1) is 0 Å². The Hall–Kier alpha value is -2.57. The van der Waals surface area contributed by atoms with Crippen LogP contribution in [-0.4, -0.2) is 41.1 Å². The van der Waals surface area contributed by atoms with E-state index in [1.54, 1.807) is 0 Å². The molecule has 100 valence electrons. The zero-order valence-electron chi connectivity index (χ0n) is 10.1. The lowest BCUT2D eigenvalue weighted by Gasteiger charge is -2.16. The summed E-state index contributed by atoms with van der Waals surface area (Å²) < 4.78 is 10.2. The molecule has 1 aromatic carbocycles. The van der Waals surface area contributed by atoms with E-state index in [-0.39, 0.29) is 12.4 Å². The van der Waals surface area contributed by atoms with Crippen LogP contribution in [0, 0.1) is 0 Å². The number of nitrogens with zero attached hydrogens (tertiary/aromatic N) is 1. The fourth-order valence-corrected chi connectivity index (χ4v) is 1.65. The minimum absolute atomic E-state index is 0.0680. The predicted molar refractivity (Wildman–Crippen MR) is 61.9 cm³/mol. The highest BCUT2D eigenvalue weighted by atomic mass is 16.7. The Morgan fingerprint density at radius 2 is 1.95 bits per heavy atom. The molecule has 1 aliphatic heterocycles. The monoisotopic (exact) mass is 265 g/mol. The van der Waals surface area contributed by atoms with Crippen molar-refractivity contribution in [3.63, 3.8) is 0 Å². The Balaban J connectivity index is 2.26. The summed E-state index contributed by atoms with van der Waals surface area (Å²) >= 11 is 0. The molecule has 0 spiro atoms. The maximum Gasteiger partial charge on any atom is 0.323 e. The normalized spacial score (nSPS) is 12.1. The molecule has 0 unspecified atom stereocenters. The molecule has 1 heterocycles. The van der Waals surface area contributed by atoms with Crippen LogP contribution in [0.15, 0.2) is 18.2 Å². The molecule has 0 atom stereocenters. The average Bonchev–Trinajstić information content (AvgIpc) is 2.81. The van der Waals surface area contributed by atoms with Gasteiger partial charge in [0.1, 0.15) is 6.54 Å². The molecule has 2 amide bonds. The third-order valence-corrected chi connectivity index (χ3v) is 2.54. The van der Waals surface area contributed by atoms with Crippen LogP contribution in [0.5, 0.6) is 11.5 Å². The van der Waals surface area contributed by atoms with E-state index in [1.807, 2.05) is 0 Å². The number of carbonyl (C=O) groups is 3. The van der Waals surface area contributed by atoms with Crippen LogP contribution in [0.4, 0.5) is 0 Å². The average molecular weight is 265 g/mol. The van der Waals surface area contributed by atoms with Gasteiger partial charge in [-0.25, -0.2) is 0 Å². The van der Waals surface area contributed by atoms with Crippen molar-refractivity contribution in [3.8, 4) is 11.5 Å². The number of imide groups is 1. The van der Waals surface area contributed by atoms with Crippen molar-refractivity contribution in [2.45, 2.75) is 6.92 Å². The maximum absolute atomic E-state index is 12.1. The van der Waals surface area contributed by atoms with Crippen LogP contribution in [0.25, 0.3) is 0 Å². The van der Waals surface area contributed by atoms with Gasteiger partial charge in [-0.05, 0) is 18.2 Å². The summed E-state index contributed by atoms with van der Waals surface area (Å²) in [6, 6.07) is 4.41. The van der Waals surface area contributed by atoms with E-state index in [0.29, 0.717) is 16.4 Å². The van der Waals surface area contributed by atoms with Crippen LogP contribution >= 0.6 is 0 Å². The summed E-state index contributed by atoms with van der Waals surface area (Å²) in [5.41, 5.74) is 0.167. The molecule has 2 rings (SSSR count). The number of carboxylic acid groups (broad SMARTS) is 1. The first-order chi connectivity index (χ1) is 8.99. The molecule has 7 nitrogen and oxygen atoms in total. The van der Waals surface area contributed by atoms with Crippen molar-refractivity contribution in [2.24, 2.45) is 0 Å². The van der Waals surface area contributed by atoms with Crippen molar-refractivity contribution in [2.75, 3.05) is 13.3 Å². The number of aliphatic carboxylic acids is 1. The molecule has 7 heteroatoms. The van der Waals surface area contributed by atoms with Crippen LogP contribution in [0.3, 0.4) is 0 Å². The number of carboxylic acids is 1. The number of rotatable bonds is 3. The SMILES string of the molecule is CC(=O)N(CC(=O)O)C(=O)c1ccc2c(c1)OCO2. The largest absolute Gasteiger partial charge is 0.480 e. The standard InChI is InChI=1S/C12H11NO6/c1-7(14)13(5-11(15)16)12(17)8-2-3-9-10(4-8)19-6-18-9/h2-4H,5-6H2,1H3,(H,15,16). The zero-order valence-corrected chi connectivity index (χ0v) is 10.1. The number of ether oxygens (including phenoxy) is 2. The molecule has 0 aliphatic carbocycles. The van der Waals surface area contributed by atoms with Gasteiger partial charge in [-0.1, -0.05) is 0 Å². The molecule has 0 saturated heterocycles. The lowest BCUT2D eigenvalue weighted by Crippen LogP contribution is -2.39. The van der Waals surface area contributed by atoms with Crippen molar-refractivity contribution >= 4 is 17.8 Å². The van der Waals surface area contributed by atoms with Crippen molar-refractivity contribution in [1.29, 1.82) is 0 Å². The number of hydrogen-bond donors (Lipinski definition) is 1. The van der Waals surface area contributed by atoms with Gasteiger partial charge in [0.15, 0.2) is 11.5 Å². The second-order valence-electron chi connectivity index (χ2n) is 3.87. The van der Waals surface area contributed by atoms with Gasteiger partial charge in [0.05, 0.1) is 0 Å². The molecule has 0 aromatic heterocycles. The molecule has 1 N–H and O–H groups in total. The number of carbonyl (C=O) groups excluding carboxylic acids is 2. The van der Waals surface area contributed by atoms with Crippen LogP contribution < -0.4 is 9.47 Å². The summed E-state index contributed by atoms with van der Waals surface area (Å²) in [5, 5.41) is 8.69. The number of fused-ring (bicyclic) bond motifs is 1. The lowest BCUT2D eigenvalue weighted by molar-refractivity contribution is -0.142. The van der Waals surface area contributed by atoms with Gasteiger partial charge in [0.25, 0.3) is 5.91 Å². The zero-order chi connectivity index (χ0) is 14.0. The highest BCUT2D eigenvalue weighted by Gasteiger charge is 2.24. The molecule has 0 saturated carbocycles. The summed E-state index contributed by atoms with van der Waals surface area (Å²) in [6.45, 7) is 0.523. The fraction of sp³-hybridized carbons (Fsp3) is 0.250. The number of hydrogen-bond acceptors (Lipinski definition) is 5. The van der Waals surface area contributed by atoms with Crippen LogP contribution in [-0.2, 0) is 9.59 Å². The molecule has 1 aromatic rings. The summed E-state index contributed by atoms with van der Waals surface area (Å²) in [4.78, 5) is 34.7.